The van der Waals surface area contributed by atoms with Crippen LogP contribution in [0.4, 0.5) is 0 Å². The lowest BCUT2D eigenvalue weighted by atomic mass is 9.75. The van der Waals surface area contributed by atoms with E-state index in [1.165, 1.54) is 5.41 Å². The van der Waals surface area contributed by atoms with Gasteiger partial charge in [0.15, 0.2) is 15.6 Å². The number of hydrogen-bond acceptors (Lipinski definition) is 4. The number of ketones is 1. The molecule has 1 saturated carbocycles. The average Bonchev–Trinajstić information content (AvgIpc) is 2.95. The summed E-state index contributed by atoms with van der Waals surface area (Å²) in [6.45, 7) is 0. The molecule has 5 nitrogen and oxygen atoms in total. The second kappa shape index (κ2) is 13.0. The maximum absolute atomic E-state index is 13.5. The number of carbonyl (C=O) groups is 2. The average molecular weight is 550 g/mol. The molecule has 0 aromatic heterocycles. The van der Waals surface area contributed by atoms with Crippen molar-refractivity contribution >= 4 is 33.1 Å². The lowest BCUT2D eigenvalue weighted by Gasteiger charge is -2.31. The summed E-state index contributed by atoms with van der Waals surface area (Å²) in [6.07, 6.45) is 5.77. The molecule has 1 fully saturated rings. The first-order valence-corrected chi connectivity index (χ1v) is 14.9. The molecule has 3 aromatic rings. The molecule has 1 aliphatic rings. The Hall–Kier alpha value is -3.22. The van der Waals surface area contributed by atoms with Crippen LogP contribution in [0.5, 0.6) is 0 Å². The zero-order valence-electron chi connectivity index (χ0n) is 21.1. The number of amides is 1. The molecule has 4 rings (SSSR count). The van der Waals surface area contributed by atoms with Crippen LogP contribution in [0.15, 0.2) is 101 Å². The van der Waals surface area contributed by atoms with Crippen LogP contribution in [0.3, 0.4) is 0 Å². The van der Waals surface area contributed by atoms with E-state index in [9.17, 15) is 18.0 Å². The van der Waals surface area contributed by atoms with Gasteiger partial charge in [-0.15, -0.1) is 0 Å². The lowest BCUT2D eigenvalue weighted by Crippen LogP contribution is -2.43. The normalized spacial score (nSPS) is 18.7. The molecule has 38 heavy (non-hydrogen) atoms. The van der Waals surface area contributed by atoms with Crippen molar-refractivity contribution in [2.45, 2.75) is 49.5 Å². The second-order valence-electron chi connectivity index (χ2n) is 9.69. The van der Waals surface area contributed by atoms with Crippen LogP contribution in [-0.2, 0) is 21.1 Å². The van der Waals surface area contributed by atoms with Crippen molar-refractivity contribution in [3.63, 3.8) is 0 Å². The number of carbonyl (C=O) groups excluding carboxylic acids is 2. The summed E-state index contributed by atoms with van der Waals surface area (Å²) < 4.78 is 25.7. The molecule has 7 heteroatoms. The third-order valence-corrected chi connectivity index (χ3v) is 8.74. The highest BCUT2D eigenvalue weighted by molar-refractivity contribution is 7.94. The second-order valence-corrected chi connectivity index (χ2v) is 12.0. The third kappa shape index (κ3) is 7.42. The topological polar surface area (TPSA) is 80.3 Å². The number of hydrogen-bond donors (Lipinski definition) is 1. The highest BCUT2D eigenvalue weighted by Crippen LogP contribution is 2.33. The van der Waals surface area contributed by atoms with E-state index < -0.39 is 27.7 Å². The molecule has 0 bridgehead atoms. The largest absolute Gasteiger partial charge is 0.350 e. The Balaban J connectivity index is 1.52. The van der Waals surface area contributed by atoms with Crippen LogP contribution in [0.2, 0.25) is 5.02 Å². The van der Waals surface area contributed by atoms with Crippen LogP contribution < -0.4 is 5.32 Å². The number of nitrogens with one attached hydrogen (secondary N) is 1. The standard InChI is InChI=1S/C31H32ClNO4S/c32-25-18-16-24(17-19-25)30(34)28-13-7-8-14-29(28)31(35)33-26(20-15-23-9-3-1-4-10-23)21-22-38(36,37)27-11-5-2-6-12-27/h1-6,9-12,16-19,21-22,26,28-29H,7-8,13-15,20H2,(H,33,35)/b22-21+/t26-,28+,29+/m0/s1. The predicted octanol–water partition coefficient (Wildman–Crippen LogP) is 6.43. The molecule has 3 aromatic carbocycles. The van der Waals surface area contributed by atoms with Crippen LogP contribution in [0, 0.1) is 11.8 Å². The van der Waals surface area contributed by atoms with E-state index in [0.29, 0.717) is 36.3 Å². The lowest BCUT2D eigenvalue weighted by molar-refractivity contribution is -0.127. The minimum Gasteiger partial charge on any atom is -0.350 e. The number of aryl methyl sites for hydroxylation is 1. The van der Waals surface area contributed by atoms with Crippen molar-refractivity contribution in [3.8, 4) is 0 Å². The smallest absolute Gasteiger partial charge is 0.224 e. The monoisotopic (exact) mass is 549 g/mol. The van der Waals surface area contributed by atoms with Crippen LogP contribution >= 0.6 is 11.6 Å². The Kier molecular flexibility index (Phi) is 9.53. The number of Topliss-reactive ketones (excluding diaryl/α,β-unsaturated/α-hetero) is 1. The van der Waals surface area contributed by atoms with Gasteiger partial charge in [0.05, 0.1) is 4.90 Å². The zero-order valence-corrected chi connectivity index (χ0v) is 22.7. The highest BCUT2D eigenvalue weighted by Gasteiger charge is 2.36. The summed E-state index contributed by atoms with van der Waals surface area (Å²) in [7, 11) is -3.66. The number of sulfone groups is 1. The number of halogens is 1. The molecular weight excluding hydrogens is 518 g/mol. The van der Waals surface area contributed by atoms with Gasteiger partial charge < -0.3 is 5.32 Å². The van der Waals surface area contributed by atoms with Gasteiger partial charge in [0.25, 0.3) is 0 Å². The molecule has 0 aliphatic heterocycles. The van der Waals surface area contributed by atoms with Gasteiger partial charge in [0.1, 0.15) is 0 Å². The summed E-state index contributed by atoms with van der Waals surface area (Å²) in [5.41, 5.74) is 1.65. The summed E-state index contributed by atoms with van der Waals surface area (Å²) in [6, 6.07) is 24.3. The maximum atomic E-state index is 13.5. The molecule has 0 saturated heterocycles. The van der Waals surface area contributed by atoms with E-state index in [4.69, 9.17) is 11.6 Å². The Bertz CT molecular complexity index is 1360. The molecule has 198 valence electrons. The fourth-order valence-electron chi connectivity index (χ4n) is 4.95. The quantitative estimate of drug-likeness (QED) is 0.295. The molecule has 0 unspecified atom stereocenters. The Morgan fingerprint density at radius 2 is 1.47 bits per heavy atom. The summed E-state index contributed by atoms with van der Waals surface area (Å²) >= 11 is 5.99. The van der Waals surface area contributed by atoms with Gasteiger partial charge in [-0.2, -0.15) is 0 Å². The van der Waals surface area contributed by atoms with Gasteiger partial charge in [-0.05, 0) is 67.6 Å². The molecule has 1 N–H and O–H groups in total. The molecular formula is C31H32ClNO4S. The van der Waals surface area contributed by atoms with E-state index in [1.54, 1.807) is 60.7 Å². The van der Waals surface area contributed by atoms with Crippen molar-refractivity contribution in [3.05, 3.63) is 113 Å². The fraction of sp³-hybridized carbons (Fsp3) is 0.290. The van der Waals surface area contributed by atoms with Gasteiger partial charge in [0.2, 0.25) is 5.91 Å². The minimum absolute atomic E-state index is 0.0513. The van der Waals surface area contributed by atoms with Crippen LogP contribution in [0.1, 0.15) is 48.0 Å². The van der Waals surface area contributed by atoms with Crippen LogP contribution in [0.25, 0.3) is 0 Å². The van der Waals surface area contributed by atoms with Crippen molar-refractivity contribution in [1.29, 1.82) is 0 Å². The molecule has 3 atom stereocenters. The summed E-state index contributed by atoms with van der Waals surface area (Å²) in [5, 5.41) is 4.79. The SMILES string of the molecule is O=C(N[C@H](/C=C/S(=O)(=O)c1ccccc1)CCc1ccccc1)[C@@H]1CCCC[C@H]1C(=O)c1ccc(Cl)cc1. The summed E-state index contributed by atoms with van der Waals surface area (Å²) in [5.74, 6) is -1.15. The zero-order chi connectivity index (χ0) is 27.0. The predicted molar refractivity (Wildman–Crippen MR) is 151 cm³/mol. The first kappa shape index (κ1) is 27.8. The van der Waals surface area contributed by atoms with E-state index in [2.05, 4.69) is 5.32 Å². The van der Waals surface area contributed by atoms with E-state index in [1.807, 2.05) is 30.3 Å². The van der Waals surface area contributed by atoms with E-state index in [0.717, 1.165) is 18.4 Å². The van der Waals surface area contributed by atoms with Gasteiger partial charge in [0, 0.05) is 33.9 Å². The van der Waals surface area contributed by atoms with Gasteiger partial charge >= 0.3 is 0 Å². The maximum Gasteiger partial charge on any atom is 0.224 e. The summed E-state index contributed by atoms with van der Waals surface area (Å²) in [4.78, 5) is 27.1. The van der Waals surface area contributed by atoms with E-state index in [-0.39, 0.29) is 16.6 Å². The number of rotatable bonds is 10. The fourth-order valence-corrected chi connectivity index (χ4v) is 6.16. The first-order valence-electron chi connectivity index (χ1n) is 13.0. The molecule has 0 spiro atoms. The van der Waals surface area contributed by atoms with Crippen molar-refractivity contribution in [1.82, 2.24) is 5.32 Å². The van der Waals surface area contributed by atoms with Gasteiger partial charge in [-0.3, -0.25) is 9.59 Å². The molecule has 0 heterocycles. The third-order valence-electron chi connectivity index (χ3n) is 7.04. The van der Waals surface area contributed by atoms with Crippen LogP contribution in [-0.4, -0.2) is 26.2 Å². The Morgan fingerprint density at radius 3 is 2.13 bits per heavy atom. The van der Waals surface area contributed by atoms with Crippen molar-refractivity contribution in [2.24, 2.45) is 11.8 Å². The van der Waals surface area contributed by atoms with Gasteiger partial charge in [-0.25, -0.2) is 8.42 Å². The van der Waals surface area contributed by atoms with E-state index >= 15 is 0 Å². The van der Waals surface area contributed by atoms with Crippen molar-refractivity contribution < 1.29 is 18.0 Å². The molecule has 1 amide bonds. The number of benzene rings is 3. The first-order chi connectivity index (χ1) is 18.3. The molecule has 0 radical (unpaired) electrons. The minimum atomic E-state index is -3.66. The Labute approximate surface area is 229 Å². The van der Waals surface area contributed by atoms with Crippen molar-refractivity contribution in [2.75, 3.05) is 0 Å². The highest BCUT2D eigenvalue weighted by atomic mass is 35.5. The Morgan fingerprint density at radius 1 is 0.868 bits per heavy atom. The molecule has 1 aliphatic carbocycles. The van der Waals surface area contributed by atoms with Gasteiger partial charge in [-0.1, -0.05) is 79.0 Å².